The Morgan fingerprint density at radius 2 is 2.22 bits per heavy atom. The van der Waals surface area contributed by atoms with Crippen molar-refractivity contribution >= 4 is 32.7 Å². The molecule has 1 saturated carbocycles. The molecule has 3 nitrogen and oxygen atoms in total. The Labute approximate surface area is 114 Å². The largest absolute Gasteiger partial charge is 0.354 e. The topological polar surface area (TPSA) is 34.0 Å². The second kappa shape index (κ2) is 4.76. The maximum absolute atomic E-state index is 11.8. The minimum Gasteiger partial charge on any atom is -0.354 e. The summed E-state index contributed by atoms with van der Waals surface area (Å²) in [6.45, 7) is 1.24. The van der Waals surface area contributed by atoms with Crippen molar-refractivity contribution in [3.8, 4) is 0 Å². The fourth-order valence-electron chi connectivity index (χ4n) is 2.10. The van der Waals surface area contributed by atoms with Crippen molar-refractivity contribution in [2.24, 2.45) is 5.92 Å². The summed E-state index contributed by atoms with van der Waals surface area (Å²) in [6, 6.07) is 8.14. The van der Waals surface area contributed by atoms with Crippen molar-refractivity contribution in [3.05, 3.63) is 34.9 Å². The molecule has 0 unspecified atom stereocenters. The van der Waals surface area contributed by atoms with Crippen LogP contribution >= 0.6 is 15.9 Å². The molecule has 1 aliphatic rings. The van der Waals surface area contributed by atoms with Gasteiger partial charge in [-0.1, -0.05) is 15.9 Å². The van der Waals surface area contributed by atoms with E-state index in [-0.39, 0.29) is 5.91 Å². The minimum absolute atomic E-state index is 0.0994. The number of hydrogen-bond acceptors (Lipinski definition) is 1. The first-order valence-electron chi connectivity index (χ1n) is 6.23. The van der Waals surface area contributed by atoms with E-state index in [0.29, 0.717) is 6.54 Å². The molecule has 1 N–H and O–H groups in total. The van der Waals surface area contributed by atoms with E-state index >= 15 is 0 Å². The number of hydrogen-bond donors (Lipinski definition) is 1. The highest BCUT2D eigenvalue weighted by Gasteiger charge is 2.21. The number of rotatable bonds is 4. The molecule has 0 bridgehead atoms. The second-order valence-electron chi connectivity index (χ2n) is 4.89. The van der Waals surface area contributed by atoms with Crippen LogP contribution in [0, 0.1) is 5.92 Å². The number of nitrogens with zero attached hydrogens (tertiary/aromatic N) is 1. The van der Waals surface area contributed by atoms with Crippen LogP contribution < -0.4 is 5.32 Å². The van der Waals surface area contributed by atoms with Gasteiger partial charge in [0.2, 0.25) is 5.91 Å². The molecule has 2 aromatic rings. The summed E-state index contributed by atoms with van der Waals surface area (Å²) in [4.78, 5) is 11.8. The zero-order chi connectivity index (χ0) is 12.5. The van der Waals surface area contributed by atoms with E-state index in [1.54, 1.807) is 0 Å². The van der Waals surface area contributed by atoms with Crippen LogP contribution in [0.3, 0.4) is 0 Å². The molecule has 94 valence electrons. The highest BCUT2D eigenvalue weighted by Crippen LogP contribution is 2.27. The van der Waals surface area contributed by atoms with Crippen LogP contribution in [0.1, 0.15) is 12.8 Å². The molecule has 3 rings (SSSR count). The Hall–Kier alpha value is -1.29. The summed E-state index contributed by atoms with van der Waals surface area (Å²) in [5.74, 6) is 0.827. The standard InChI is InChI=1S/C14H15BrN2O/c15-12-3-4-13-11(7-12)5-6-17(13)9-14(18)16-8-10-1-2-10/h3-7,10H,1-2,8-9H2,(H,16,18). The lowest BCUT2D eigenvalue weighted by molar-refractivity contribution is -0.121. The van der Waals surface area contributed by atoms with Crippen LogP contribution in [0.25, 0.3) is 10.9 Å². The first-order chi connectivity index (χ1) is 8.72. The van der Waals surface area contributed by atoms with E-state index < -0.39 is 0 Å². The predicted octanol–water partition coefficient (Wildman–Crippen LogP) is 2.93. The summed E-state index contributed by atoms with van der Waals surface area (Å²) >= 11 is 3.45. The van der Waals surface area contributed by atoms with Crippen molar-refractivity contribution in [1.82, 2.24) is 9.88 Å². The molecule has 0 atom stereocenters. The van der Waals surface area contributed by atoms with Crippen LogP contribution in [-0.2, 0) is 11.3 Å². The zero-order valence-electron chi connectivity index (χ0n) is 10.0. The predicted molar refractivity (Wildman–Crippen MR) is 75.4 cm³/mol. The number of carbonyl (C=O) groups excluding carboxylic acids is 1. The van der Waals surface area contributed by atoms with Crippen molar-refractivity contribution < 1.29 is 4.79 Å². The fraction of sp³-hybridized carbons (Fsp3) is 0.357. The van der Waals surface area contributed by atoms with E-state index in [9.17, 15) is 4.79 Å². The molecule has 1 aromatic heterocycles. The highest BCUT2D eigenvalue weighted by atomic mass is 79.9. The Bertz CT molecular complexity index is 586. The van der Waals surface area contributed by atoms with Crippen LogP contribution in [-0.4, -0.2) is 17.0 Å². The maximum atomic E-state index is 11.8. The summed E-state index contributed by atoms with van der Waals surface area (Å²) < 4.78 is 3.05. The highest BCUT2D eigenvalue weighted by molar-refractivity contribution is 9.10. The number of benzene rings is 1. The number of amides is 1. The molecule has 0 aliphatic heterocycles. The van der Waals surface area contributed by atoms with Gasteiger partial charge < -0.3 is 9.88 Å². The van der Waals surface area contributed by atoms with Gasteiger partial charge in [-0.2, -0.15) is 0 Å². The molecular formula is C14H15BrN2O. The number of aromatic nitrogens is 1. The normalized spacial score (nSPS) is 14.9. The number of carbonyl (C=O) groups is 1. The van der Waals surface area contributed by atoms with Crippen LogP contribution in [0.5, 0.6) is 0 Å². The zero-order valence-corrected chi connectivity index (χ0v) is 11.6. The van der Waals surface area contributed by atoms with Crippen LogP contribution in [0.2, 0.25) is 0 Å². The monoisotopic (exact) mass is 306 g/mol. The second-order valence-corrected chi connectivity index (χ2v) is 5.81. The molecule has 18 heavy (non-hydrogen) atoms. The van der Waals surface area contributed by atoms with Gasteiger partial charge in [-0.05, 0) is 43.0 Å². The quantitative estimate of drug-likeness (QED) is 0.926. The van der Waals surface area contributed by atoms with Gasteiger partial charge in [0, 0.05) is 28.1 Å². The van der Waals surface area contributed by atoms with Gasteiger partial charge in [0.15, 0.2) is 0 Å². The molecule has 4 heteroatoms. The van der Waals surface area contributed by atoms with E-state index in [0.717, 1.165) is 27.8 Å². The SMILES string of the molecule is O=C(Cn1ccc2cc(Br)ccc21)NCC1CC1. The first-order valence-corrected chi connectivity index (χ1v) is 7.03. The molecule has 1 heterocycles. The number of nitrogens with one attached hydrogen (secondary N) is 1. The molecular weight excluding hydrogens is 292 g/mol. The van der Waals surface area contributed by atoms with Gasteiger partial charge >= 0.3 is 0 Å². The summed E-state index contributed by atoms with van der Waals surface area (Å²) in [6.07, 6.45) is 4.50. The third kappa shape index (κ3) is 2.58. The van der Waals surface area contributed by atoms with Crippen molar-refractivity contribution in [3.63, 3.8) is 0 Å². The average molecular weight is 307 g/mol. The van der Waals surface area contributed by atoms with Gasteiger partial charge in [0.05, 0.1) is 0 Å². The molecule has 1 amide bonds. The Morgan fingerprint density at radius 1 is 1.39 bits per heavy atom. The van der Waals surface area contributed by atoms with Gasteiger partial charge in [-0.15, -0.1) is 0 Å². The van der Waals surface area contributed by atoms with Crippen molar-refractivity contribution in [1.29, 1.82) is 0 Å². The van der Waals surface area contributed by atoms with Crippen molar-refractivity contribution in [2.75, 3.05) is 6.54 Å². The summed E-state index contributed by atoms with van der Waals surface area (Å²) in [7, 11) is 0. The molecule has 0 radical (unpaired) electrons. The Morgan fingerprint density at radius 3 is 3.00 bits per heavy atom. The van der Waals surface area contributed by atoms with Gasteiger partial charge in [0.25, 0.3) is 0 Å². The maximum Gasteiger partial charge on any atom is 0.239 e. The van der Waals surface area contributed by atoms with Crippen molar-refractivity contribution in [2.45, 2.75) is 19.4 Å². The van der Waals surface area contributed by atoms with Gasteiger partial charge in [-0.3, -0.25) is 4.79 Å². The summed E-state index contributed by atoms with van der Waals surface area (Å²) in [5, 5.41) is 4.14. The smallest absolute Gasteiger partial charge is 0.239 e. The first kappa shape index (κ1) is 11.8. The Balaban J connectivity index is 1.71. The molecule has 0 saturated heterocycles. The Kier molecular flexibility index (Phi) is 3.12. The molecule has 0 spiro atoms. The fourth-order valence-corrected chi connectivity index (χ4v) is 2.48. The van der Waals surface area contributed by atoms with E-state index in [1.165, 1.54) is 12.8 Å². The average Bonchev–Trinajstić information content (AvgIpc) is 3.10. The van der Waals surface area contributed by atoms with Gasteiger partial charge in [0.1, 0.15) is 6.54 Å². The van der Waals surface area contributed by atoms with E-state index in [4.69, 9.17) is 0 Å². The molecule has 1 fully saturated rings. The van der Waals surface area contributed by atoms with Crippen LogP contribution in [0.4, 0.5) is 0 Å². The van der Waals surface area contributed by atoms with Gasteiger partial charge in [-0.25, -0.2) is 0 Å². The third-order valence-electron chi connectivity index (χ3n) is 3.33. The van der Waals surface area contributed by atoms with E-state index in [2.05, 4.69) is 27.3 Å². The lowest BCUT2D eigenvalue weighted by Crippen LogP contribution is -2.29. The summed E-state index contributed by atoms with van der Waals surface area (Å²) in [5.41, 5.74) is 1.10. The van der Waals surface area contributed by atoms with Crippen LogP contribution in [0.15, 0.2) is 34.9 Å². The number of halogens is 1. The number of fused-ring (bicyclic) bond motifs is 1. The lowest BCUT2D eigenvalue weighted by Gasteiger charge is -2.06. The van der Waals surface area contributed by atoms with E-state index in [1.807, 2.05) is 29.0 Å². The lowest BCUT2D eigenvalue weighted by atomic mass is 10.2. The minimum atomic E-state index is 0.0994. The third-order valence-corrected chi connectivity index (χ3v) is 3.83. The molecule has 1 aliphatic carbocycles. The molecule has 1 aromatic carbocycles.